The van der Waals surface area contributed by atoms with Gasteiger partial charge in [-0.3, -0.25) is 4.79 Å². The van der Waals surface area contributed by atoms with Gasteiger partial charge in [0.15, 0.2) is 11.6 Å². The van der Waals surface area contributed by atoms with Crippen LogP contribution in [0.2, 0.25) is 0 Å². The number of benzene rings is 1. The summed E-state index contributed by atoms with van der Waals surface area (Å²) in [7, 11) is 0. The van der Waals surface area contributed by atoms with E-state index in [1.54, 1.807) is 4.68 Å². The Balaban J connectivity index is 2.05. The van der Waals surface area contributed by atoms with Crippen LogP contribution in [0.4, 0.5) is 8.78 Å². The van der Waals surface area contributed by atoms with Gasteiger partial charge < -0.3 is 0 Å². The molecule has 0 unspecified atom stereocenters. The Labute approximate surface area is 115 Å². The van der Waals surface area contributed by atoms with Gasteiger partial charge in [0.1, 0.15) is 17.9 Å². The fraction of sp³-hybridized carbons (Fsp3) is 0.357. The minimum atomic E-state index is -0.944. The standard InChI is InChI=1S/C14H15F2N3O/c1-9(2)19-14(17-8-18-19)7-11(20)5-10-3-4-12(15)13(16)6-10/h3-4,6,8-9H,5,7H2,1-2H3. The van der Waals surface area contributed by atoms with Crippen molar-refractivity contribution in [3.63, 3.8) is 0 Å². The maximum absolute atomic E-state index is 13.1. The van der Waals surface area contributed by atoms with Crippen molar-refractivity contribution in [2.45, 2.75) is 32.7 Å². The van der Waals surface area contributed by atoms with Crippen molar-refractivity contribution in [2.24, 2.45) is 0 Å². The molecule has 0 fully saturated rings. The number of hydrogen-bond donors (Lipinski definition) is 0. The number of hydrogen-bond acceptors (Lipinski definition) is 3. The maximum Gasteiger partial charge on any atom is 0.159 e. The van der Waals surface area contributed by atoms with Crippen LogP contribution < -0.4 is 0 Å². The Morgan fingerprint density at radius 2 is 2.00 bits per heavy atom. The first-order chi connectivity index (χ1) is 9.47. The normalized spacial score (nSPS) is 11.1. The molecule has 6 heteroatoms. The highest BCUT2D eigenvalue weighted by Crippen LogP contribution is 2.11. The molecule has 0 N–H and O–H groups in total. The molecule has 0 atom stereocenters. The molecular formula is C14H15F2N3O. The number of carbonyl (C=O) groups is 1. The van der Waals surface area contributed by atoms with Crippen molar-refractivity contribution < 1.29 is 13.6 Å². The lowest BCUT2D eigenvalue weighted by molar-refractivity contribution is -0.117. The first kappa shape index (κ1) is 14.3. The van der Waals surface area contributed by atoms with Crippen molar-refractivity contribution in [1.82, 2.24) is 14.8 Å². The lowest BCUT2D eigenvalue weighted by Crippen LogP contribution is -2.14. The third kappa shape index (κ3) is 3.26. The van der Waals surface area contributed by atoms with Gasteiger partial charge in [0.2, 0.25) is 0 Å². The summed E-state index contributed by atoms with van der Waals surface area (Å²) in [5, 5.41) is 4.05. The Bertz CT molecular complexity index is 623. The van der Waals surface area contributed by atoms with E-state index in [0.717, 1.165) is 12.1 Å². The van der Waals surface area contributed by atoms with Crippen molar-refractivity contribution in [1.29, 1.82) is 0 Å². The van der Waals surface area contributed by atoms with Crippen LogP contribution in [0.5, 0.6) is 0 Å². The molecule has 0 aliphatic carbocycles. The molecule has 2 aromatic rings. The fourth-order valence-corrected chi connectivity index (χ4v) is 1.95. The van der Waals surface area contributed by atoms with Crippen molar-refractivity contribution in [3.05, 3.63) is 47.5 Å². The fourth-order valence-electron chi connectivity index (χ4n) is 1.95. The smallest absolute Gasteiger partial charge is 0.159 e. The zero-order chi connectivity index (χ0) is 14.7. The minimum absolute atomic E-state index is 0.0438. The van der Waals surface area contributed by atoms with Crippen LogP contribution in [0.15, 0.2) is 24.5 Å². The van der Waals surface area contributed by atoms with Gasteiger partial charge in [-0.15, -0.1) is 0 Å². The van der Waals surface area contributed by atoms with Gasteiger partial charge in [0.25, 0.3) is 0 Å². The number of aromatic nitrogens is 3. The minimum Gasteiger partial charge on any atom is -0.299 e. The lowest BCUT2D eigenvalue weighted by Gasteiger charge is -2.08. The summed E-state index contributed by atoms with van der Waals surface area (Å²) in [6, 6.07) is 3.59. The highest BCUT2D eigenvalue weighted by molar-refractivity contribution is 5.82. The predicted octanol–water partition coefficient (Wildman–Crippen LogP) is 2.49. The van der Waals surface area contributed by atoms with Gasteiger partial charge in [-0.05, 0) is 31.5 Å². The quantitative estimate of drug-likeness (QED) is 0.844. The first-order valence-electron chi connectivity index (χ1n) is 6.31. The third-order valence-corrected chi connectivity index (χ3v) is 2.88. The van der Waals surface area contributed by atoms with Gasteiger partial charge in [0, 0.05) is 12.5 Å². The van der Waals surface area contributed by atoms with Crippen LogP contribution in [0.3, 0.4) is 0 Å². The zero-order valence-electron chi connectivity index (χ0n) is 11.3. The summed E-state index contributed by atoms with van der Waals surface area (Å²) in [4.78, 5) is 16.0. The molecule has 0 radical (unpaired) electrons. The summed E-state index contributed by atoms with van der Waals surface area (Å²) in [6.45, 7) is 3.88. The molecule has 1 aromatic carbocycles. The molecule has 20 heavy (non-hydrogen) atoms. The second-order valence-electron chi connectivity index (χ2n) is 4.86. The second kappa shape index (κ2) is 5.90. The number of carbonyl (C=O) groups excluding carboxylic acids is 1. The summed E-state index contributed by atoms with van der Waals surface area (Å²) >= 11 is 0. The van der Waals surface area contributed by atoms with Crippen LogP contribution >= 0.6 is 0 Å². The van der Waals surface area contributed by atoms with Gasteiger partial charge in [-0.25, -0.2) is 18.4 Å². The third-order valence-electron chi connectivity index (χ3n) is 2.88. The van der Waals surface area contributed by atoms with Crippen LogP contribution in [0, 0.1) is 11.6 Å². The largest absolute Gasteiger partial charge is 0.299 e. The molecule has 0 bridgehead atoms. The molecule has 0 spiro atoms. The molecular weight excluding hydrogens is 264 g/mol. The Hall–Kier alpha value is -2.11. The Kier molecular flexibility index (Phi) is 4.22. The molecule has 0 aliphatic rings. The van der Waals surface area contributed by atoms with Crippen molar-refractivity contribution >= 4 is 5.78 Å². The van der Waals surface area contributed by atoms with E-state index in [2.05, 4.69) is 10.1 Å². The SMILES string of the molecule is CC(C)n1ncnc1CC(=O)Cc1ccc(F)c(F)c1. The molecule has 4 nitrogen and oxygen atoms in total. The van der Waals surface area contributed by atoms with E-state index in [4.69, 9.17) is 0 Å². The summed E-state index contributed by atoms with van der Waals surface area (Å²) in [6.07, 6.45) is 1.57. The van der Waals surface area contributed by atoms with Gasteiger partial charge >= 0.3 is 0 Å². The van der Waals surface area contributed by atoms with E-state index in [0.29, 0.717) is 11.4 Å². The molecule has 2 rings (SSSR count). The van der Waals surface area contributed by atoms with Gasteiger partial charge in [-0.1, -0.05) is 6.07 Å². The summed E-state index contributed by atoms with van der Waals surface area (Å²) < 4.78 is 27.5. The molecule has 1 aromatic heterocycles. The van der Waals surface area contributed by atoms with Crippen LogP contribution in [-0.4, -0.2) is 20.5 Å². The van der Waals surface area contributed by atoms with Gasteiger partial charge in [0.05, 0.1) is 6.42 Å². The molecule has 106 valence electrons. The molecule has 1 heterocycles. The highest BCUT2D eigenvalue weighted by Gasteiger charge is 2.13. The van der Waals surface area contributed by atoms with Crippen LogP contribution in [0.1, 0.15) is 31.3 Å². The number of nitrogens with zero attached hydrogens (tertiary/aromatic N) is 3. The molecule has 0 saturated heterocycles. The second-order valence-corrected chi connectivity index (χ2v) is 4.86. The number of ketones is 1. The average Bonchev–Trinajstić information content (AvgIpc) is 2.82. The number of Topliss-reactive ketones (excluding diaryl/α,β-unsaturated/α-hetero) is 1. The molecule has 0 saturated carbocycles. The monoisotopic (exact) mass is 279 g/mol. The van der Waals surface area contributed by atoms with Gasteiger partial charge in [-0.2, -0.15) is 5.10 Å². The number of rotatable bonds is 5. The molecule has 0 aliphatic heterocycles. The Morgan fingerprint density at radius 3 is 2.65 bits per heavy atom. The van der Waals surface area contributed by atoms with E-state index < -0.39 is 11.6 Å². The summed E-state index contributed by atoms with van der Waals surface area (Å²) in [5.74, 6) is -1.40. The first-order valence-corrected chi connectivity index (χ1v) is 6.31. The zero-order valence-corrected chi connectivity index (χ0v) is 11.3. The van der Waals surface area contributed by atoms with Crippen molar-refractivity contribution in [3.8, 4) is 0 Å². The number of halogens is 2. The molecule has 0 amide bonds. The van der Waals surface area contributed by atoms with E-state index in [-0.39, 0.29) is 24.7 Å². The average molecular weight is 279 g/mol. The van der Waals surface area contributed by atoms with Crippen LogP contribution in [-0.2, 0) is 17.6 Å². The maximum atomic E-state index is 13.1. The highest BCUT2D eigenvalue weighted by atomic mass is 19.2. The Morgan fingerprint density at radius 1 is 1.25 bits per heavy atom. The summed E-state index contributed by atoms with van der Waals surface area (Å²) in [5.41, 5.74) is 0.449. The lowest BCUT2D eigenvalue weighted by atomic mass is 10.1. The van der Waals surface area contributed by atoms with Crippen molar-refractivity contribution in [2.75, 3.05) is 0 Å². The van der Waals surface area contributed by atoms with E-state index in [1.165, 1.54) is 12.4 Å². The van der Waals surface area contributed by atoms with E-state index in [1.807, 2.05) is 13.8 Å². The predicted molar refractivity (Wildman–Crippen MR) is 69.2 cm³/mol. The van der Waals surface area contributed by atoms with Crippen LogP contribution in [0.25, 0.3) is 0 Å². The van der Waals surface area contributed by atoms with E-state index in [9.17, 15) is 13.6 Å². The topological polar surface area (TPSA) is 47.8 Å². The van der Waals surface area contributed by atoms with E-state index >= 15 is 0 Å².